The summed E-state index contributed by atoms with van der Waals surface area (Å²) in [5.41, 5.74) is 3.50. The van der Waals surface area contributed by atoms with E-state index >= 15 is 0 Å². The Labute approximate surface area is 178 Å². The van der Waals surface area contributed by atoms with Gasteiger partial charge in [-0.1, -0.05) is 11.2 Å². The van der Waals surface area contributed by atoms with Gasteiger partial charge in [0.2, 0.25) is 5.82 Å². The molecule has 0 aliphatic carbocycles. The van der Waals surface area contributed by atoms with E-state index in [1.807, 2.05) is 32.0 Å². The number of aromatic nitrogens is 3. The highest BCUT2D eigenvalue weighted by molar-refractivity contribution is 5.95. The van der Waals surface area contributed by atoms with Crippen molar-refractivity contribution in [1.29, 1.82) is 5.26 Å². The third kappa shape index (κ3) is 4.12. The molecule has 2 N–H and O–H groups in total. The van der Waals surface area contributed by atoms with Crippen LogP contribution in [0.15, 0.2) is 47.1 Å². The summed E-state index contributed by atoms with van der Waals surface area (Å²) in [6, 6.07) is 12.9. The van der Waals surface area contributed by atoms with Crippen LogP contribution in [0.5, 0.6) is 5.75 Å². The van der Waals surface area contributed by atoms with Gasteiger partial charge in [0, 0.05) is 29.1 Å². The molecule has 0 bridgehead atoms. The number of aromatic amines is 1. The van der Waals surface area contributed by atoms with E-state index in [1.54, 1.807) is 24.4 Å². The Kier molecular flexibility index (Phi) is 5.41. The second-order valence-electron chi connectivity index (χ2n) is 7.34. The molecule has 0 aliphatic rings. The second kappa shape index (κ2) is 8.32. The molecular weight excluding hydrogens is 396 g/mol. The third-order valence-electron chi connectivity index (χ3n) is 4.80. The largest absolute Gasteiger partial charge is 0.490 e. The Morgan fingerprint density at radius 1 is 1.29 bits per heavy atom. The fourth-order valence-electron chi connectivity index (χ4n) is 3.42. The lowest BCUT2D eigenvalue weighted by Gasteiger charge is -2.11. The van der Waals surface area contributed by atoms with E-state index in [0.29, 0.717) is 29.1 Å². The molecule has 0 aliphatic heterocycles. The number of ether oxygens (including phenoxy) is 1. The molecule has 8 nitrogen and oxygen atoms in total. The number of carboxylic acids is 1. The van der Waals surface area contributed by atoms with Crippen molar-refractivity contribution in [3.63, 3.8) is 0 Å². The summed E-state index contributed by atoms with van der Waals surface area (Å²) in [7, 11) is 0. The van der Waals surface area contributed by atoms with E-state index in [1.165, 1.54) is 0 Å². The van der Waals surface area contributed by atoms with Gasteiger partial charge in [-0.15, -0.1) is 0 Å². The Hall–Kier alpha value is -4.12. The van der Waals surface area contributed by atoms with E-state index in [0.717, 1.165) is 22.0 Å². The lowest BCUT2D eigenvalue weighted by Crippen LogP contribution is -2.06. The van der Waals surface area contributed by atoms with Gasteiger partial charge < -0.3 is 19.4 Å². The highest BCUT2D eigenvalue weighted by atomic mass is 16.5. The van der Waals surface area contributed by atoms with Crippen LogP contribution in [-0.2, 0) is 11.2 Å². The predicted octanol–water partition coefficient (Wildman–Crippen LogP) is 4.56. The summed E-state index contributed by atoms with van der Waals surface area (Å²) in [5.74, 6) is 0.355. The molecule has 4 aromatic rings. The Bertz CT molecular complexity index is 1300. The van der Waals surface area contributed by atoms with E-state index in [4.69, 9.17) is 14.4 Å². The Balaban J connectivity index is 1.68. The van der Waals surface area contributed by atoms with Crippen molar-refractivity contribution in [3.05, 3.63) is 53.7 Å². The van der Waals surface area contributed by atoms with Gasteiger partial charge in [-0.3, -0.25) is 4.79 Å². The molecule has 0 radical (unpaired) electrons. The zero-order valence-corrected chi connectivity index (χ0v) is 17.0. The smallest absolute Gasteiger partial charge is 0.303 e. The van der Waals surface area contributed by atoms with Crippen molar-refractivity contribution >= 4 is 16.9 Å². The number of carboxylic acid groups (broad SMARTS) is 1. The first-order valence-corrected chi connectivity index (χ1v) is 9.82. The van der Waals surface area contributed by atoms with E-state index in [9.17, 15) is 10.1 Å². The van der Waals surface area contributed by atoms with E-state index < -0.39 is 5.97 Å². The van der Waals surface area contributed by atoms with Crippen LogP contribution in [0.1, 0.15) is 31.4 Å². The van der Waals surface area contributed by atoms with Gasteiger partial charge in [-0.25, -0.2) is 0 Å². The molecule has 0 saturated carbocycles. The number of carbonyl (C=O) groups is 1. The zero-order valence-electron chi connectivity index (χ0n) is 17.0. The first-order valence-electron chi connectivity index (χ1n) is 9.82. The number of aryl methyl sites for hydroxylation is 1. The second-order valence-corrected chi connectivity index (χ2v) is 7.34. The van der Waals surface area contributed by atoms with Crippen LogP contribution in [0.25, 0.3) is 33.7 Å². The average molecular weight is 416 g/mol. The fraction of sp³-hybridized carbons (Fsp3) is 0.217. The van der Waals surface area contributed by atoms with Crippen LogP contribution in [-0.4, -0.2) is 32.3 Å². The van der Waals surface area contributed by atoms with Gasteiger partial charge in [0.05, 0.1) is 17.2 Å². The minimum atomic E-state index is -0.836. The number of H-pyrrole nitrogens is 1. The summed E-state index contributed by atoms with van der Waals surface area (Å²) < 4.78 is 11.1. The molecule has 4 rings (SSSR count). The molecule has 0 fully saturated rings. The van der Waals surface area contributed by atoms with Crippen molar-refractivity contribution in [2.45, 2.75) is 32.8 Å². The molecule has 0 atom stereocenters. The maximum absolute atomic E-state index is 10.9. The topological polar surface area (TPSA) is 125 Å². The first-order chi connectivity index (χ1) is 15.0. The summed E-state index contributed by atoms with van der Waals surface area (Å²) in [6.07, 6.45) is 2.24. The van der Waals surface area contributed by atoms with Crippen LogP contribution in [0.3, 0.4) is 0 Å². The third-order valence-corrected chi connectivity index (χ3v) is 4.80. The van der Waals surface area contributed by atoms with Crippen LogP contribution < -0.4 is 4.74 Å². The number of nitrogens with zero attached hydrogens (tertiary/aromatic N) is 3. The Morgan fingerprint density at radius 3 is 2.87 bits per heavy atom. The lowest BCUT2D eigenvalue weighted by molar-refractivity contribution is -0.136. The van der Waals surface area contributed by atoms with Gasteiger partial charge in [-0.05, 0) is 56.2 Å². The number of aliphatic carboxylic acids is 1. The summed E-state index contributed by atoms with van der Waals surface area (Å²) in [6.45, 7) is 3.79. The molecule has 2 aromatic carbocycles. The fourth-order valence-corrected chi connectivity index (χ4v) is 3.42. The van der Waals surface area contributed by atoms with E-state index in [-0.39, 0.29) is 18.4 Å². The quantitative estimate of drug-likeness (QED) is 0.452. The van der Waals surface area contributed by atoms with Crippen LogP contribution in [0.2, 0.25) is 0 Å². The molecule has 2 heterocycles. The van der Waals surface area contributed by atoms with Gasteiger partial charge in [-0.2, -0.15) is 10.2 Å². The van der Waals surface area contributed by atoms with E-state index in [2.05, 4.69) is 21.2 Å². The molecule has 156 valence electrons. The average Bonchev–Trinajstić information content (AvgIpc) is 3.42. The van der Waals surface area contributed by atoms with Crippen LogP contribution in [0.4, 0.5) is 0 Å². The van der Waals surface area contributed by atoms with Crippen molar-refractivity contribution in [1.82, 2.24) is 15.1 Å². The molecular formula is C23H20N4O4. The predicted molar refractivity (Wildman–Crippen MR) is 113 cm³/mol. The van der Waals surface area contributed by atoms with Crippen molar-refractivity contribution in [2.24, 2.45) is 0 Å². The van der Waals surface area contributed by atoms with Gasteiger partial charge >= 0.3 is 5.97 Å². The number of hydrogen-bond donors (Lipinski definition) is 2. The summed E-state index contributed by atoms with van der Waals surface area (Å²) >= 11 is 0. The molecule has 2 aromatic heterocycles. The molecule has 0 spiro atoms. The maximum atomic E-state index is 10.9. The number of hydrogen-bond acceptors (Lipinski definition) is 6. The zero-order chi connectivity index (χ0) is 22.0. The highest BCUT2D eigenvalue weighted by Crippen LogP contribution is 2.31. The normalized spacial score (nSPS) is 11.0. The number of rotatable bonds is 7. The number of fused-ring (bicyclic) bond motifs is 1. The standard InChI is InChI=1S/C23H20N4O4/c1-13(2)30-19-7-4-15(11-16(19)12-24)23-26-22(27-31-23)18-6-3-14(5-8-20(28)29)17-9-10-25-21(17)18/h3-4,6-7,9-11,13,25H,5,8H2,1-2H3,(H,28,29). The van der Waals surface area contributed by atoms with Gasteiger partial charge in [0.25, 0.3) is 5.89 Å². The van der Waals surface area contributed by atoms with Crippen molar-refractivity contribution in [3.8, 4) is 34.7 Å². The molecule has 0 unspecified atom stereocenters. The Morgan fingerprint density at radius 2 is 2.13 bits per heavy atom. The molecule has 0 saturated heterocycles. The SMILES string of the molecule is CC(C)Oc1ccc(-c2nc(-c3ccc(CCC(=O)O)c4cc[nH]c34)no2)cc1C#N. The van der Waals surface area contributed by atoms with Crippen molar-refractivity contribution in [2.75, 3.05) is 0 Å². The highest BCUT2D eigenvalue weighted by Gasteiger charge is 2.17. The maximum Gasteiger partial charge on any atom is 0.303 e. The van der Waals surface area contributed by atoms with Gasteiger partial charge in [0.1, 0.15) is 11.8 Å². The number of nitrogens with one attached hydrogen (secondary N) is 1. The summed E-state index contributed by atoms with van der Waals surface area (Å²) in [5, 5.41) is 23.4. The molecule has 8 heteroatoms. The van der Waals surface area contributed by atoms with Crippen LogP contribution >= 0.6 is 0 Å². The first kappa shape index (κ1) is 20.2. The number of benzene rings is 2. The van der Waals surface area contributed by atoms with Crippen LogP contribution in [0, 0.1) is 11.3 Å². The summed E-state index contributed by atoms with van der Waals surface area (Å²) in [4.78, 5) is 18.6. The number of nitriles is 1. The molecule has 31 heavy (non-hydrogen) atoms. The minimum absolute atomic E-state index is 0.0466. The lowest BCUT2D eigenvalue weighted by atomic mass is 10.0. The van der Waals surface area contributed by atoms with Gasteiger partial charge in [0.15, 0.2) is 0 Å². The minimum Gasteiger partial charge on any atom is -0.490 e. The monoisotopic (exact) mass is 416 g/mol. The van der Waals surface area contributed by atoms with Crippen molar-refractivity contribution < 1.29 is 19.2 Å². The molecule has 0 amide bonds.